The molecule has 0 amide bonds. The molecule has 0 bridgehead atoms. The summed E-state index contributed by atoms with van der Waals surface area (Å²) in [6.07, 6.45) is 4.58. The van der Waals surface area contributed by atoms with Crippen molar-refractivity contribution in [2.75, 3.05) is 7.05 Å². The summed E-state index contributed by atoms with van der Waals surface area (Å²) >= 11 is 0. The van der Waals surface area contributed by atoms with Crippen molar-refractivity contribution >= 4 is 5.78 Å². The SMILES string of the molecule is CC(=O)C1CCC(N(C)C(C)C)CC1. The summed E-state index contributed by atoms with van der Waals surface area (Å²) in [6, 6.07) is 1.32. The molecule has 0 aromatic carbocycles. The molecule has 14 heavy (non-hydrogen) atoms. The molecule has 1 rings (SSSR count). The maximum atomic E-state index is 11.2. The number of nitrogens with zero attached hydrogens (tertiary/aromatic N) is 1. The van der Waals surface area contributed by atoms with Gasteiger partial charge < -0.3 is 4.90 Å². The van der Waals surface area contributed by atoms with E-state index in [-0.39, 0.29) is 0 Å². The van der Waals surface area contributed by atoms with E-state index in [1.807, 2.05) is 0 Å². The summed E-state index contributed by atoms with van der Waals surface area (Å²) < 4.78 is 0. The van der Waals surface area contributed by atoms with E-state index >= 15 is 0 Å². The zero-order valence-electron chi connectivity index (χ0n) is 9.92. The Morgan fingerprint density at radius 2 is 1.71 bits per heavy atom. The van der Waals surface area contributed by atoms with Crippen LogP contribution in [-0.2, 0) is 4.79 Å². The van der Waals surface area contributed by atoms with Gasteiger partial charge in [0.05, 0.1) is 0 Å². The van der Waals surface area contributed by atoms with Gasteiger partial charge in [-0.1, -0.05) is 0 Å². The van der Waals surface area contributed by atoms with Gasteiger partial charge in [-0.2, -0.15) is 0 Å². The van der Waals surface area contributed by atoms with Crippen LogP contribution in [-0.4, -0.2) is 29.8 Å². The molecule has 0 unspecified atom stereocenters. The maximum Gasteiger partial charge on any atom is 0.132 e. The number of carbonyl (C=O) groups excluding carboxylic acids is 1. The molecule has 1 fully saturated rings. The van der Waals surface area contributed by atoms with Gasteiger partial charge in [0.15, 0.2) is 0 Å². The lowest BCUT2D eigenvalue weighted by Crippen LogP contribution is -2.40. The Labute approximate surface area is 87.7 Å². The van der Waals surface area contributed by atoms with E-state index in [2.05, 4.69) is 25.8 Å². The van der Waals surface area contributed by atoms with Crippen molar-refractivity contribution in [3.05, 3.63) is 0 Å². The van der Waals surface area contributed by atoms with Gasteiger partial charge >= 0.3 is 0 Å². The smallest absolute Gasteiger partial charge is 0.132 e. The van der Waals surface area contributed by atoms with Gasteiger partial charge in [-0.15, -0.1) is 0 Å². The molecule has 82 valence electrons. The lowest BCUT2D eigenvalue weighted by atomic mass is 9.83. The summed E-state index contributed by atoms with van der Waals surface area (Å²) in [6.45, 7) is 6.20. The van der Waals surface area contributed by atoms with E-state index in [1.165, 1.54) is 12.8 Å². The fourth-order valence-corrected chi connectivity index (χ4v) is 2.31. The van der Waals surface area contributed by atoms with Crippen molar-refractivity contribution < 1.29 is 4.79 Å². The van der Waals surface area contributed by atoms with E-state index in [0.717, 1.165) is 12.8 Å². The van der Waals surface area contributed by atoms with Crippen LogP contribution in [0.5, 0.6) is 0 Å². The minimum absolute atomic E-state index is 0.354. The Hall–Kier alpha value is -0.370. The number of hydrogen-bond acceptors (Lipinski definition) is 2. The van der Waals surface area contributed by atoms with Crippen LogP contribution in [0.25, 0.3) is 0 Å². The van der Waals surface area contributed by atoms with E-state index in [1.54, 1.807) is 6.92 Å². The maximum absolute atomic E-state index is 11.2. The van der Waals surface area contributed by atoms with Gasteiger partial charge in [0.2, 0.25) is 0 Å². The average Bonchev–Trinajstić information content (AvgIpc) is 2.16. The molecule has 0 N–H and O–H groups in total. The summed E-state index contributed by atoms with van der Waals surface area (Å²) in [7, 11) is 2.20. The van der Waals surface area contributed by atoms with Gasteiger partial charge in [0.1, 0.15) is 5.78 Å². The van der Waals surface area contributed by atoms with Crippen molar-refractivity contribution in [3.63, 3.8) is 0 Å². The average molecular weight is 197 g/mol. The van der Waals surface area contributed by atoms with E-state index in [9.17, 15) is 4.79 Å². The van der Waals surface area contributed by atoms with Crippen molar-refractivity contribution in [3.8, 4) is 0 Å². The number of hydrogen-bond donors (Lipinski definition) is 0. The Morgan fingerprint density at radius 3 is 2.07 bits per heavy atom. The topological polar surface area (TPSA) is 20.3 Å². The summed E-state index contributed by atoms with van der Waals surface area (Å²) in [4.78, 5) is 13.6. The molecule has 2 heteroatoms. The van der Waals surface area contributed by atoms with Crippen LogP contribution in [0.4, 0.5) is 0 Å². The third kappa shape index (κ3) is 2.81. The van der Waals surface area contributed by atoms with Gasteiger partial charge in [-0.05, 0) is 53.5 Å². The van der Waals surface area contributed by atoms with Crippen molar-refractivity contribution in [1.82, 2.24) is 4.90 Å². The first-order valence-corrected chi connectivity index (χ1v) is 5.74. The number of ketones is 1. The molecular formula is C12H23NO. The third-order valence-corrected chi connectivity index (χ3v) is 3.66. The molecule has 0 radical (unpaired) electrons. The van der Waals surface area contributed by atoms with Crippen molar-refractivity contribution in [2.45, 2.75) is 58.5 Å². The Kier molecular flexibility index (Phi) is 4.11. The van der Waals surface area contributed by atoms with Gasteiger partial charge in [-0.25, -0.2) is 0 Å². The monoisotopic (exact) mass is 197 g/mol. The first-order valence-electron chi connectivity index (χ1n) is 5.74. The molecule has 1 saturated carbocycles. The molecular weight excluding hydrogens is 174 g/mol. The predicted molar refractivity (Wildman–Crippen MR) is 59.3 cm³/mol. The Bertz CT molecular complexity index is 192. The first kappa shape index (κ1) is 11.7. The Balaban J connectivity index is 2.39. The molecule has 0 heterocycles. The highest BCUT2D eigenvalue weighted by Crippen LogP contribution is 2.28. The molecule has 0 aromatic rings. The fourth-order valence-electron chi connectivity index (χ4n) is 2.31. The Morgan fingerprint density at radius 1 is 1.21 bits per heavy atom. The van der Waals surface area contributed by atoms with Crippen LogP contribution in [0, 0.1) is 5.92 Å². The van der Waals surface area contributed by atoms with Gasteiger partial charge in [0, 0.05) is 18.0 Å². The standard InChI is InChI=1S/C12H23NO/c1-9(2)13(4)12-7-5-11(6-8-12)10(3)14/h9,11-12H,5-8H2,1-4H3. The molecule has 0 spiro atoms. The quantitative estimate of drug-likeness (QED) is 0.692. The highest BCUT2D eigenvalue weighted by Gasteiger charge is 2.26. The minimum Gasteiger partial charge on any atom is -0.301 e. The lowest BCUT2D eigenvalue weighted by molar-refractivity contribution is -0.122. The zero-order valence-corrected chi connectivity index (χ0v) is 9.92. The number of rotatable bonds is 3. The molecule has 2 nitrogen and oxygen atoms in total. The molecule has 0 saturated heterocycles. The van der Waals surface area contributed by atoms with Gasteiger partial charge in [0.25, 0.3) is 0 Å². The molecule has 0 atom stereocenters. The summed E-state index contributed by atoms with van der Waals surface area (Å²) in [5.41, 5.74) is 0. The normalized spacial score (nSPS) is 28.4. The third-order valence-electron chi connectivity index (χ3n) is 3.66. The van der Waals surface area contributed by atoms with Crippen molar-refractivity contribution in [1.29, 1.82) is 0 Å². The van der Waals surface area contributed by atoms with Crippen LogP contribution >= 0.6 is 0 Å². The zero-order chi connectivity index (χ0) is 10.7. The minimum atomic E-state index is 0.354. The van der Waals surface area contributed by atoms with E-state index in [0.29, 0.717) is 23.8 Å². The second-order valence-electron chi connectivity index (χ2n) is 4.88. The van der Waals surface area contributed by atoms with Crippen LogP contribution in [0.1, 0.15) is 46.5 Å². The van der Waals surface area contributed by atoms with Crippen LogP contribution < -0.4 is 0 Å². The second-order valence-corrected chi connectivity index (χ2v) is 4.88. The molecule has 0 aliphatic heterocycles. The largest absolute Gasteiger partial charge is 0.301 e. The van der Waals surface area contributed by atoms with Gasteiger partial charge in [-0.3, -0.25) is 4.79 Å². The highest BCUT2D eigenvalue weighted by molar-refractivity contribution is 5.78. The summed E-state index contributed by atoms with van der Waals surface area (Å²) in [5.74, 6) is 0.738. The molecule has 1 aliphatic rings. The van der Waals surface area contributed by atoms with Crippen LogP contribution in [0.15, 0.2) is 0 Å². The number of carbonyl (C=O) groups is 1. The first-order chi connectivity index (χ1) is 6.52. The summed E-state index contributed by atoms with van der Waals surface area (Å²) in [5, 5.41) is 0. The predicted octanol–water partition coefficient (Wildman–Crippen LogP) is 2.47. The van der Waals surface area contributed by atoms with Crippen LogP contribution in [0.3, 0.4) is 0 Å². The fraction of sp³-hybridized carbons (Fsp3) is 0.917. The van der Waals surface area contributed by atoms with E-state index in [4.69, 9.17) is 0 Å². The number of Topliss-reactive ketones (excluding diaryl/α,β-unsaturated/α-hetero) is 1. The second kappa shape index (κ2) is 4.92. The lowest BCUT2D eigenvalue weighted by Gasteiger charge is -2.36. The van der Waals surface area contributed by atoms with Crippen LogP contribution in [0.2, 0.25) is 0 Å². The molecule has 0 aromatic heterocycles. The van der Waals surface area contributed by atoms with Crippen molar-refractivity contribution in [2.24, 2.45) is 5.92 Å². The van der Waals surface area contributed by atoms with E-state index < -0.39 is 0 Å². The highest BCUT2D eigenvalue weighted by atomic mass is 16.1. The molecule has 1 aliphatic carbocycles.